The topological polar surface area (TPSA) is 17.1 Å². The highest BCUT2D eigenvalue weighted by Crippen LogP contribution is 2.33. The largest absolute Gasteiger partial charge is 0.288 e. The summed E-state index contributed by atoms with van der Waals surface area (Å²) in [5.74, 6) is 0.994. The van der Waals surface area contributed by atoms with E-state index in [4.69, 9.17) is 0 Å². The Morgan fingerprint density at radius 1 is 1.05 bits per heavy atom. The van der Waals surface area contributed by atoms with Crippen molar-refractivity contribution in [3.63, 3.8) is 0 Å². The molecule has 110 valence electrons. The molecule has 1 saturated carbocycles. The number of carbonyl (C=O) groups is 1. The van der Waals surface area contributed by atoms with E-state index in [2.05, 4.69) is 38.5 Å². The van der Waals surface area contributed by atoms with Gasteiger partial charge in [0, 0.05) is 5.56 Å². The molecule has 0 bridgehead atoms. The van der Waals surface area contributed by atoms with Crippen molar-refractivity contribution < 1.29 is 4.79 Å². The summed E-state index contributed by atoms with van der Waals surface area (Å²) in [7, 11) is 0.0843. The van der Waals surface area contributed by atoms with Crippen molar-refractivity contribution in [2.75, 3.05) is 12.5 Å². The van der Waals surface area contributed by atoms with Crippen LogP contribution in [0.1, 0.15) is 67.8 Å². The van der Waals surface area contributed by atoms with Gasteiger partial charge in [0.25, 0.3) is 0 Å². The van der Waals surface area contributed by atoms with E-state index in [-0.39, 0.29) is 21.4 Å². The standard InChI is InChI=1S/C18H27OS/c1-18(2,20(3)4)17(19)16-12-10-15(11-13-16)14-8-6-5-7-9-14/h10-14H,5-9H2,1-4H3/q+1. The van der Waals surface area contributed by atoms with Gasteiger partial charge >= 0.3 is 0 Å². The molecule has 1 nitrogen and oxygen atoms in total. The van der Waals surface area contributed by atoms with Crippen molar-refractivity contribution in [3.8, 4) is 0 Å². The predicted octanol–water partition coefficient (Wildman–Crippen LogP) is 4.57. The SMILES string of the molecule is C[S+](C)C(C)(C)C(=O)c1ccc(C2CCCCC2)cc1. The lowest BCUT2D eigenvalue weighted by Crippen LogP contribution is -2.39. The minimum atomic E-state index is -0.258. The van der Waals surface area contributed by atoms with Crippen LogP contribution in [0.15, 0.2) is 24.3 Å². The molecule has 0 heterocycles. The third-order valence-corrected chi connectivity index (χ3v) is 7.04. The van der Waals surface area contributed by atoms with Crippen LogP contribution in [0.3, 0.4) is 0 Å². The Kier molecular flexibility index (Phi) is 4.95. The summed E-state index contributed by atoms with van der Waals surface area (Å²) in [4.78, 5) is 12.6. The van der Waals surface area contributed by atoms with E-state index in [9.17, 15) is 4.79 Å². The number of hydrogen-bond acceptors (Lipinski definition) is 1. The second-order valence-electron chi connectivity index (χ2n) is 6.61. The number of rotatable bonds is 4. The summed E-state index contributed by atoms with van der Waals surface area (Å²) in [6, 6.07) is 8.45. The quantitative estimate of drug-likeness (QED) is 0.586. The van der Waals surface area contributed by atoms with Gasteiger partial charge in [-0.1, -0.05) is 43.5 Å². The molecule has 0 N–H and O–H groups in total. The summed E-state index contributed by atoms with van der Waals surface area (Å²) in [6.07, 6.45) is 11.0. The Morgan fingerprint density at radius 2 is 1.60 bits per heavy atom. The van der Waals surface area contributed by atoms with E-state index in [1.165, 1.54) is 37.7 Å². The van der Waals surface area contributed by atoms with Crippen LogP contribution < -0.4 is 0 Å². The van der Waals surface area contributed by atoms with E-state index in [1.54, 1.807) is 0 Å². The molecule has 0 spiro atoms. The summed E-state index contributed by atoms with van der Waals surface area (Å²) < 4.78 is -0.258. The van der Waals surface area contributed by atoms with Crippen molar-refractivity contribution in [1.82, 2.24) is 0 Å². The van der Waals surface area contributed by atoms with Crippen LogP contribution in [0.4, 0.5) is 0 Å². The first kappa shape index (κ1) is 15.6. The van der Waals surface area contributed by atoms with E-state index in [0.717, 1.165) is 5.56 Å². The Bertz CT molecular complexity index is 453. The van der Waals surface area contributed by atoms with Crippen molar-refractivity contribution in [2.45, 2.75) is 56.6 Å². The second kappa shape index (κ2) is 6.34. The zero-order chi connectivity index (χ0) is 14.8. The molecule has 0 radical (unpaired) electrons. The minimum Gasteiger partial charge on any atom is -0.288 e. The van der Waals surface area contributed by atoms with Gasteiger partial charge in [0.2, 0.25) is 5.78 Å². The van der Waals surface area contributed by atoms with Gasteiger partial charge < -0.3 is 0 Å². The number of ketones is 1. The first-order valence-corrected chi connectivity index (χ1v) is 9.69. The van der Waals surface area contributed by atoms with Gasteiger partial charge in [0.15, 0.2) is 4.75 Å². The van der Waals surface area contributed by atoms with Gasteiger partial charge in [0.1, 0.15) is 0 Å². The zero-order valence-corrected chi connectivity index (χ0v) is 14.1. The molecule has 0 aromatic heterocycles. The van der Waals surface area contributed by atoms with Crippen LogP contribution in [0, 0.1) is 0 Å². The number of benzene rings is 1. The maximum atomic E-state index is 12.6. The molecular formula is C18H27OS+. The maximum Gasteiger partial charge on any atom is 0.217 e. The molecule has 0 amide bonds. The van der Waals surface area contributed by atoms with Crippen LogP contribution in [0.2, 0.25) is 0 Å². The fourth-order valence-electron chi connectivity index (χ4n) is 2.88. The summed E-state index contributed by atoms with van der Waals surface area (Å²) in [5, 5.41) is 0. The van der Waals surface area contributed by atoms with Crippen molar-refractivity contribution >= 4 is 16.7 Å². The van der Waals surface area contributed by atoms with E-state index in [1.807, 2.05) is 12.1 Å². The molecule has 1 aromatic carbocycles. The van der Waals surface area contributed by atoms with E-state index in [0.29, 0.717) is 5.92 Å². The highest BCUT2D eigenvalue weighted by molar-refractivity contribution is 7.97. The molecule has 0 atom stereocenters. The Morgan fingerprint density at radius 3 is 2.10 bits per heavy atom. The van der Waals surface area contributed by atoms with Crippen LogP contribution in [0.25, 0.3) is 0 Å². The highest BCUT2D eigenvalue weighted by atomic mass is 32.2. The van der Waals surface area contributed by atoms with Crippen LogP contribution in [0.5, 0.6) is 0 Å². The average Bonchev–Trinajstić information content (AvgIpc) is 2.47. The third-order valence-electron chi connectivity index (χ3n) is 4.82. The molecule has 2 rings (SSSR count). The molecule has 1 fully saturated rings. The second-order valence-corrected chi connectivity index (χ2v) is 9.27. The normalized spacial score (nSPS) is 17.4. The minimum absolute atomic E-state index is 0.0843. The third kappa shape index (κ3) is 3.28. The fourth-order valence-corrected chi connectivity index (χ4v) is 3.36. The van der Waals surface area contributed by atoms with Gasteiger partial charge in [0.05, 0.1) is 12.5 Å². The molecule has 2 heteroatoms. The Balaban J connectivity index is 2.13. The lowest BCUT2D eigenvalue weighted by molar-refractivity contribution is 0.0957. The van der Waals surface area contributed by atoms with Crippen molar-refractivity contribution in [1.29, 1.82) is 0 Å². The highest BCUT2D eigenvalue weighted by Gasteiger charge is 2.40. The predicted molar refractivity (Wildman–Crippen MR) is 89.9 cm³/mol. The molecule has 1 aliphatic carbocycles. The Labute approximate surface area is 126 Å². The molecule has 0 saturated heterocycles. The Hall–Kier alpha value is -0.760. The van der Waals surface area contributed by atoms with E-state index >= 15 is 0 Å². The molecule has 20 heavy (non-hydrogen) atoms. The van der Waals surface area contributed by atoms with Gasteiger partial charge in [-0.3, -0.25) is 4.79 Å². The van der Waals surface area contributed by atoms with Crippen LogP contribution in [-0.2, 0) is 10.9 Å². The summed E-state index contributed by atoms with van der Waals surface area (Å²) in [5.41, 5.74) is 2.29. The molecule has 0 aliphatic heterocycles. The monoisotopic (exact) mass is 291 g/mol. The smallest absolute Gasteiger partial charge is 0.217 e. The number of Topliss-reactive ketones (excluding diaryl/α,β-unsaturated/α-hetero) is 1. The molecule has 1 aromatic rings. The lowest BCUT2D eigenvalue weighted by Gasteiger charge is -2.23. The molecular weight excluding hydrogens is 264 g/mol. The van der Waals surface area contributed by atoms with E-state index < -0.39 is 0 Å². The maximum absolute atomic E-state index is 12.6. The van der Waals surface area contributed by atoms with Crippen LogP contribution in [-0.4, -0.2) is 23.0 Å². The molecule has 1 aliphatic rings. The van der Waals surface area contributed by atoms with Crippen molar-refractivity contribution in [2.24, 2.45) is 0 Å². The summed E-state index contributed by atoms with van der Waals surface area (Å²) >= 11 is 0. The van der Waals surface area contributed by atoms with Gasteiger partial charge in [-0.05, 0) is 49.1 Å². The molecule has 0 unspecified atom stereocenters. The first-order valence-electron chi connectivity index (χ1n) is 7.65. The number of carbonyl (C=O) groups excluding carboxylic acids is 1. The lowest BCUT2D eigenvalue weighted by atomic mass is 9.83. The van der Waals surface area contributed by atoms with Gasteiger partial charge in [-0.2, -0.15) is 0 Å². The number of hydrogen-bond donors (Lipinski definition) is 0. The van der Waals surface area contributed by atoms with Gasteiger partial charge in [-0.15, -0.1) is 0 Å². The average molecular weight is 291 g/mol. The first-order chi connectivity index (χ1) is 9.43. The fraction of sp³-hybridized carbons (Fsp3) is 0.611. The van der Waals surface area contributed by atoms with Gasteiger partial charge in [-0.25, -0.2) is 0 Å². The van der Waals surface area contributed by atoms with Crippen LogP contribution >= 0.6 is 0 Å². The summed E-state index contributed by atoms with van der Waals surface area (Å²) in [6.45, 7) is 4.13. The zero-order valence-electron chi connectivity index (χ0n) is 13.2. The van der Waals surface area contributed by atoms with Crippen molar-refractivity contribution in [3.05, 3.63) is 35.4 Å².